The molecule has 17 heavy (non-hydrogen) atoms. The van der Waals surface area contributed by atoms with E-state index in [0.29, 0.717) is 6.42 Å². The Labute approximate surface area is 103 Å². The van der Waals surface area contributed by atoms with Crippen molar-refractivity contribution in [3.63, 3.8) is 0 Å². The summed E-state index contributed by atoms with van der Waals surface area (Å²) in [5, 5.41) is 4.64. The molecule has 0 aromatic rings. The van der Waals surface area contributed by atoms with E-state index in [2.05, 4.69) is 22.5 Å². The largest absolute Gasteiger partial charge is 0.341 e. The molecule has 0 aromatic heterocycles. The second-order valence-electron chi connectivity index (χ2n) is 4.59. The first-order valence-electron chi connectivity index (χ1n) is 6.39. The minimum atomic E-state index is -0.430. The van der Waals surface area contributed by atoms with Crippen LogP contribution < -0.4 is 10.6 Å². The molecule has 0 saturated carbocycles. The van der Waals surface area contributed by atoms with Gasteiger partial charge in [-0.15, -0.1) is 0 Å². The summed E-state index contributed by atoms with van der Waals surface area (Å²) in [7, 11) is 1.50. The van der Waals surface area contributed by atoms with Gasteiger partial charge in [-0.1, -0.05) is 13.3 Å². The van der Waals surface area contributed by atoms with Crippen molar-refractivity contribution in [2.45, 2.75) is 32.6 Å². The molecule has 5 heteroatoms. The molecule has 1 aliphatic heterocycles. The topological polar surface area (TPSA) is 61.4 Å². The molecule has 3 amide bonds. The number of carbonyl (C=O) groups is 2. The maximum Gasteiger partial charge on any atom is 0.321 e. The molecule has 0 radical (unpaired) electrons. The highest BCUT2D eigenvalue weighted by molar-refractivity contribution is 5.94. The predicted octanol–water partition coefficient (Wildman–Crippen LogP) is 0.954. The predicted molar refractivity (Wildman–Crippen MR) is 66.7 cm³/mol. The first-order valence-corrected chi connectivity index (χ1v) is 6.39. The monoisotopic (exact) mass is 241 g/mol. The van der Waals surface area contributed by atoms with Gasteiger partial charge in [-0.3, -0.25) is 10.1 Å². The van der Waals surface area contributed by atoms with Crippen LogP contribution in [0.25, 0.3) is 0 Å². The average molecular weight is 241 g/mol. The summed E-state index contributed by atoms with van der Waals surface area (Å²) in [4.78, 5) is 24.6. The molecule has 2 N–H and O–H groups in total. The maximum atomic E-state index is 11.4. The lowest BCUT2D eigenvalue weighted by Crippen LogP contribution is -2.41. The van der Waals surface area contributed by atoms with Crippen LogP contribution in [-0.2, 0) is 4.79 Å². The van der Waals surface area contributed by atoms with Crippen LogP contribution in [0, 0.1) is 5.92 Å². The van der Waals surface area contributed by atoms with Gasteiger partial charge >= 0.3 is 6.03 Å². The van der Waals surface area contributed by atoms with E-state index >= 15 is 0 Å². The highest BCUT2D eigenvalue weighted by atomic mass is 16.2. The number of carbonyl (C=O) groups excluding carboxylic acids is 2. The van der Waals surface area contributed by atoms with E-state index < -0.39 is 6.03 Å². The van der Waals surface area contributed by atoms with Gasteiger partial charge in [0.05, 0.1) is 0 Å². The Morgan fingerprint density at radius 2 is 2.18 bits per heavy atom. The van der Waals surface area contributed by atoms with Crippen LogP contribution in [0.4, 0.5) is 4.79 Å². The fourth-order valence-electron chi connectivity index (χ4n) is 2.20. The molecular formula is C12H23N3O2. The Kier molecular flexibility index (Phi) is 5.97. The van der Waals surface area contributed by atoms with Crippen LogP contribution in [0.3, 0.4) is 0 Å². The molecule has 5 nitrogen and oxygen atoms in total. The number of likely N-dealkylation sites (tertiary alicyclic amines) is 1. The van der Waals surface area contributed by atoms with Gasteiger partial charge in [0.1, 0.15) is 0 Å². The first-order chi connectivity index (χ1) is 8.15. The van der Waals surface area contributed by atoms with Gasteiger partial charge in [0, 0.05) is 26.6 Å². The lowest BCUT2D eigenvalue weighted by molar-refractivity contribution is -0.120. The molecule has 1 saturated heterocycles. The minimum absolute atomic E-state index is 0.206. The maximum absolute atomic E-state index is 11.4. The normalized spacial score (nSPS) is 20.9. The number of amides is 3. The van der Waals surface area contributed by atoms with Crippen molar-refractivity contribution in [3.8, 4) is 0 Å². The zero-order chi connectivity index (χ0) is 12.7. The fraction of sp³-hybridized carbons (Fsp3) is 0.833. The Bertz CT molecular complexity index is 268. The minimum Gasteiger partial charge on any atom is -0.341 e. The standard InChI is InChI=1S/C12H23N3O2/c1-3-10-5-4-7-15(9-10)8-6-11(16)14-12(17)13-2/h10H,3-9H2,1-2H3,(H2,13,14,16,17). The number of rotatable bonds is 4. The summed E-state index contributed by atoms with van der Waals surface area (Å²) in [6, 6.07) is -0.430. The van der Waals surface area contributed by atoms with Crippen molar-refractivity contribution in [3.05, 3.63) is 0 Å². The summed E-state index contributed by atoms with van der Waals surface area (Å²) in [6.45, 7) is 5.12. The first kappa shape index (κ1) is 14.0. The Morgan fingerprint density at radius 1 is 1.41 bits per heavy atom. The number of piperidine rings is 1. The molecule has 0 aliphatic carbocycles. The second-order valence-corrected chi connectivity index (χ2v) is 4.59. The average Bonchev–Trinajstić information content (AvgIpc) is 2.36. The Morgan fingerprint density at radius 3 is 2.82 bits per heavy atom. The second kappa shape index (κ2) is 7.27. The summed E-state index contributed by atoms with van der Waals surface area (Å²) >= 11 is 0. The summed E-state index contributed by atoms with van der Waals surface area (Å²) in [5.74, 6) is 0.564. The van der Waals surface area contributed by atoms with Gasteiger partial charge in [-0.2, -0.15) is 0 Å². The quantitative estimate of drug-likeness (QED) is 0.770. The molecule has 1 fully saturated rings. The number of hydrogen-bond donors (Lipinski definition) is 2. The molecule has 0 bridgehead atoms. The van der Waals surface area contributed by atoms with Crippen LogP contribution in [0.2, 0.25) is 0 Å². The van der Waals surface area contributed by atoms with Gasteiger partial charge < -0.3 is 10.2 Å². The van der Waals surface area contributed by atoms with Crippen molar-refractivity contribution >= 4 is 11.9 Å². The van der Waals surface area contributed by atoms with Crippen LogP contribution in [-0.4, -0.2) is 43.5 Å². The molecule has 0 aromatic carbocycles. The van der Waals surface area contributed by atoms with Crippen molar-refractivity contribution in [2.75, 3.05) is 26.7 Å². The SMILES string of the molecule is CCC1CCCN(CCC(=O)NC(=O)NC)C1. The van der Waals surface area contributed by atoms with Gasteiger partial charge in [-0.25, -0.2) is 4.79 Å². The lowest BCUT2D eigenvalue weighted by atomic mass is 9.95. The van der Waals surface area contributed by atoms with Crippen LogP contribution >= 0.6 is 0 Å². The van der Waals surface area contributed by atoms with E-state index in [1.54, 1.807) is 0 Å². The van der Waals surface area contributed by atoms with Crippen LogP contribution in [0.5, 0.6) is 0 Å². The highest BCUT2D eigenvalue weighted by Crippen LogP contribution is 2.18. The Hall–Kier alpha value is -1.10. The van der Waals surface area contributed by atoms with Crippen molar-refractivity contribution in [1.82, 2.24) is 15.5 Å². The third kappa shape index (κ3) is 5.17. The summed E-state index contributed by atoms with van der Waals surface area (Å²) in [6.07, 6.45) is 4.12. The highest BCUT2D eigenvalue weighted by Gasteiger charge is 2.18. The number of nitrogens with one attached hydrogen (secondary N) is 2. The molecular weight excluding hydrogens is 218 g/mol. The molecule has 1 heterocycles. The number of nitrogens with zero attached hydrogens (tertiary/aromatic N) is 1. The van der Waals surface area contributed by atoms with Gasteiger partial charge in [0.15, 0.2) is 0 Å². The zero-order valence-corrected chi connectivity index (χ0v) is 10.8. The van der Waals surface area contributed by atoms with Gasteiger partial charge in [0.25, 0.3) is 0 Å². The number of urea groups is 1. The summed E-state index contributed by atoms with van der Waals surface area (Å²) in [5.41, 5.74) is 0. The third-order valence-electron chi connectivity index (χ3n) is 3.32. The molecule has 98 valence electrons. The molecule has 1 atom stereocenters. The van der Waals surface area contributed by atoms with Crippen molar-refractivity contribution in [1.29, 1.82) is 0 Å². The van der Waals surface area contributed by atoms with Crippen LogP contribution in [0.15, 0.2) is 0 Å². The third-order valence-corrected chi connectivity index (χ3v) is 3.32. The Balaban J connectivity index is 2.21. The van der Waals surface area contributed by atoms with Crippen LogP contribution in [0.1, 0.15) is 32.6 Å². The van der Waals surface area contributed by atoms with Gasteiger partial charge in [-0.05, 0) is 25.3 Å². The molecule has 1 aliphatic rings. The molecule has 0 spiro atoms. The molecule has 1 unspecified atom stereocenters. The van der Waals surface area contributed by atoms with E-state index in [-0.39, 0.29) is 5.91 Å². The van der Waals surface area contributed by atoms with E-state index in [4.69, 9.17) is 0 Å². The van der Waals surface area contributed by atoms with Gasteiger partial charge in [0.2, 0.25) is 5.91 Å². The zero-order valence-electron chi connectivity index (χ0n) is 10.8. The van der Waals surface area contributed by atoms with E-state index in [0.717, 1.165) is 25.6 Å². The summed E-state index contributed by atoms with van der Waals surface area (Å²) < 4.78 is 0. The molecule has 1 rings (SSSR count). The number of hydrogen-bond acceptors (Lipinski definition) is 3. The number of imide groups is 1. The van der Waals surface area contributed by atoms with E-state index in [9.17, 15) is 9.59 Å². The van der Waals surface area contributed by atoms with Crippen molar-refractivity contribution in [2.24, 2.45) is 5.92 Å². The van der Waals surface area contributed by atoms with E-state index in [1.165, 1.54) is 26.3 Å². The fourth-order valence-corrected chi connectivity index (χ4v) is 2.20. The van der Waals surface area contributed by atoms with Crippen molar-refractivity contribution < 1.29 is 9.59 Å². The smallest absolute Gasteiger partial charge is 0.321 e. The van der Waals surface area contributed by atoms with E-state index in [1.807, 2.05) is 0 Å². The lowest BCUT2D eigenvalue weighted by Gasteiger charge is -2.31.